The molecule has 7 atom stereocenters. The number of likely N-dealkylation sites (tertiary alicyclic amines) is 2. The van der Waals surface area contributed by atoms with E-state index in [1.807, 2.05) is 62.5 Å². The van der Waals surface area contributed by atoms with Crippen molar-refractivity contribution in [2.45, 2.75) is 81.7 Å². The molecule has 0 radical (unpaired) electrons. The number of hydrogen-bond acceptors (Lipinski definition) is 11. The number of carbonyl (C=O) groups excluding carboxylic acids is 4. The van der Waals surface area contributed by atoms with Crippen LogP contribution >= 0.6 is 23.4 Å². The Morgan fingerprint density at radius 3 is 2.18 bits per heavy atom. The summed E-state index contributed by atoms with van der Waals surface area (Å²) in [4.78, 5) is 65.2. The van der Waals surface area contributed by atoms with E-state index < -0.39 is 42.2 Å². The van der Waals surface area contributed by atoms with Gasteiger partial charge in [0.1, 0.15) is 40.7 Å². The molecule has 0 bridgehead atoms. The second-order valence-corrected chi connectivity index (χ2v) is 17.1. The van der Waals surface area contributed by atoms with Crippen LogP contribution in [0.3, 0.4) is 0 Å². The number of hydrogen-bond donors (Lipinski definition) is 4. The third-order valence-corrected chi connectivity index (χ3v) is 12.9. The molecule has 1 unspecified atom stereocenters. The summed E-state index contributed by atoms with van der Waals surface area (Å²) in [7, 11) is 5.96. The van der Waals surface area contributed by atoms with Gasteiger partial charge in [-0.25, -0.2) is 19.0 Å². The molecule has 3 aromatic rings. The van der Waals surface area contributed by atoms with E-state index in [-0.39, 0.29) is 40.3 Å². The monoisotopic (exact) mass is 868 g/mol. The lowest BCUT2D eigenvalue weighted by Crippen LogP contribution is -2.59. The summed E-state index contributed by atoms with van der Waals surface area (Å²) in [6.07, 6.45) is 3.94. The maximum Gasteiger partial charge on any atom is 0.407 e. The van der Waals surface area contributed by atoms with Gasteiger partial charge in [-0.1, -0.05) is 61.8 Å². The molecular weight excluding hydrogens is 815 g/mol. The third kappa shape index (κ3) is 9.32. The molecule has 3 aliphatic heterocycles. The Morgan fingerprint density at radius 2 is 1.57 bits per heavy atom. The molecule has 4 N–H and O–H groups in total. The fourth-order valence-corrected chi connectivity index (χ4v) is 9.12. The number of thioether (sulfide) groups is 1. The average molecular weight is 869 g/mol. The minimum absolute atomic E-state index is 0.180. The lowest BCUT2D eigenvalue weighted by atomic mass is 10.0. The number of imidazole rings is 1. The van der Waals surface area contributed by atoms with E-state index >= 15 is 4.39 Å². The molecule has 324 valence electrons. The van der Waals surface area contributed by atoms with Gasteiger partial charge in [0.15, 0.2) is 0 Å². The SMILES string of the molecule is COC(=O)N[C@H](C(=O)N1CCC[C@H]1c1nc(-c2ccc(-c3ccc(C4=CN(C)C([C@@H]5C[C@H](SC)CN5C(=O)[C@@H](NC(=O)OC)[C@@H](C)OC)N4)cc3)c(F)c2)c(Cl)[nH]1)C(C)C. The Morgan fingerprint density at radius 1 is 0.933 bits per heavy atom. The number of likely N-dealkylation sites (N-methyl/N-ethyl adjacent to an activating group) is 1. The molecule has 2 aromatic carbocycles. The molecule has 0 saturated carbocycles. The molecule has 2 saturated heterocycles. The van der Waals surface area contributed by atoms with Crippen molar-refractivity contribution in [1.82, 2.24) is 40.6 Å². The molecular formula is C42H54ClFN8O7S. The summed E-state index contributed by atoms with van der Waals surface area (Å²) in [5.74, 6) is -0.635. The van der Waals surface area contributed by atoms with Crippen LogP contribution in [-0.4, -0.2) is 132 Å². The number of aromatic nitrogens is 2. The highest BCUT2D eigenvalue weighted by molar-refractivity contribution is 7.99. The Bertz CT molecular complexity index is 2090. The number of nitrogens with zero attached hydrogens (tertiary/aromatic N) is 4. The number of H-pyrrole nitrogens is 1. The van der Waals surface area contributed by atoms with Crippen molar-refractivity contribution in [2.75, 3.05) is 47.7 Å². The number of carbonyl (C=O) groups is 4. The van der Waals surface area contributed by atoms with Gasteiger partial charge in [0, 0.05) is 49.8 Å². The Hall–Kier alpha value is -5.00. The fraction of sp³-hybridized carbons (Fsp3) is 0.500. The molecule has 6 rings (SSSR count). The number of aromatic amines is 1. The molecule has 4 heterocycles. The molecule has 0 aliphatic carbocycles. The van der Waals surface area contributed by atoms with Crippen LogP contribution in [0.5, 0.6) is 0 Å². The zero-order valence-electron chi connectivity index (χ0n) is 35.1. The van der Waals surface area contributed by atoms with E-state index in [1.165, 1.54) is 27.4 Å². The van der Waals surface area contributed by atoms with Gasteiger partial charge in [0.25, 0.3) is 0 Å². The first-order valence-electron chi connectivity index (χ1n) is 19.9. The van der Waals surface area contributed by atoms with Crippen LogP contribution in [0.4, 0.5) is 14.0 Å². The number of halogens is 2. The minimum atomic E-state index is -0.928. The molecule has 4 amide bonds. The van der Waals surface area contributed by atoms with Crippen molar-refractivity contribution < 1.29 is 37.8 Å². The van der Waals surface area contributed by atoms with Crippen LogP contribution in [0.25, 0.3) is 28.1 Å². The fourth-order valence-electron chi connectivity index (χ4n) is 8.17. The van der Waals surface area contributed by atoms with Crippen LogP contribution in [0.2, 0.25) is 5.15 Å². The summed E-state index contributed by atoms with van der Waals surface area (Å²) in [5.41, 5.74) is 3.65. The standard InChI is InChI=1S/C42H54ClFN8O7S/c1-22(2)33(47-41(55)58-6)39(53)51-17-9-10-31(51)37-46-35(36(43)49-37)26-15-16-28(29(44)18-26)24-11-13-25(14-12-24)30-21-50(4)38(45-30)32-19-27(60-8)20-52(32)40(54)34(23(3)57-5)48-42(56)59-7/h11-16,18,21-23,27,31-34,38,45H,9-10,17,19-20H2,1-8H3,(H,46,49)(H,47,55)(H,48,56)/t23-,27+,31+,32+,33+,34+,38?/m1/s1. The van der Waals surface area contributed by atoms with Gasteiger partial charge >= 0.3 is 12.2 Å². The van der Waals surface area contributed by atoms with Gasteiger partial charge in [0.2, 0.25) is 11.8 Å². The van der Waals surface area contributed by atoms with Gasteiger partial charge in [-0.2, -0.15) is 11.8 Å². The largest absolute Gasteiger partial charge is 0.453 e. The maximum atomic E-state index is 15.9. The number of methoxy groups -OCH3 is 3. The highest BCUT2D eigenvalue weighted by Gasteiger charge is 2.46. The Labute approximate surface area is 359 Å². The first kappa shape index (κ1) is 44.5. The predicted octanol–water partition coefficient (Wildman–Crippen LogP) is 5.83. The first-order chi connectivity index (χ1) is 28.7. The van der Waals surface area contributed by atoms with Crippen LogP contribution < -0.4 is 16.0 Å². The lowest BCUT2D eigenvalue weighted by Gasteiger charge is -2.36. The number of alkyl carbamates (subject to hydrolysis) is 2. The van der Waals surface area contributed by atoms with E-state index in [0.29, 0.717) is 47.7 Å². The van der Waals surface area contributed by atoms with Gasteiger partial charge in [-0.05, 0) is 55.6 Å². The van der Waals surface area contributed by atoms with Crippen molar-refractivity contribution in [3.05, 3.63) is 71.0 Å². The van der Waals surface area contributed by atoms with Crippen molar-refractivity contribution in [3.63, 3.8) is 0 Å². The molecule has 3 aliphatic rings. The van der Waals surface area contributed by atoms with E-state index in [0.717, 1.165) is 24.1 Å². The molecule has 2 fully saturated rings. The van der Waals surface area contributed by atoms with Gasteiger partial charge in [-0.3, -0.25) is 9.59 Å². The number of amides is 4. The highest BCUT2D eigenvalue weighted by atomic mass is 35.5. The summed E-state index contributed by atoms with van der Waals surface area (Å²) in [5, 5.41) is 9.35. The van der Waals surface area contributed by atoms with Gasteiger partial charge < -0.3 is 49.8 Å². The topological polar surface area (TPSA) is 170 Å². The maximum absolute atomic E-state index is 15.9. The Balaban J connectivity index is 1.15. The normalized spacial score (nSPS) is 21.6. The molecule has 0 spiro atoms. The van der Waals surface area contributed by atoms with Crippen LogP contribution in [0.1, 0.15) is 57.5 Å². The Kier molecular flexibility index (Phi) is 14.2. The number of nitrogens with one attached hydrogen (secondary N) is 4. The highest BCUT2D eigenvalue weighted by Crippen LogP contribution is 2.38. The van der Waals surface area contributed by atoms with E-state index in [9.17, 15) is 19.2 Å². The average Bonchev–Trinajstić information content (AvgIpc) is 4.06. The van der Waals surface area contributed by atoms with Crippen molar-refractivity contribution >= 4 is 53.1 Å². The zero-order valence-corrected chi connectivity index (χ0v) is 36.7. The van der Waals surface area contributed by atoms with Crippen molar-refractivity contribution in [3.8, 4) is 22.4 Å². The minimum Gasteiger partial charge on any atom is -0.453 e. The van der Waals surface area contributed by atoms with E-state index in [1.54, 1.807) is 35.7 Å². The zero-order chi connectivity index (χ0) is 43.4. The summed E-state index contributed by atoms with van der Waals surface area (Å²) in [6, 6.07) is 10.1. The summed E-state index contributed by atoms with van der Waals surface area (Å²) in [6.45, 7) is 6.44. The van der Waals surface area contributed by atoms with Gasteiger partial charge in [0.05, 0.1) is 38.1 Å². The second-order valence-electron chi connectivity index (χ2n) is 15.6. The first-order valence-corrected chi connectivity index (χ1v) is 21.6. The summed E-state index contributed by atoms with van der Waals surface area (Å²) < 4.78 is 30.9. The van der Waals surface area contributed by atoms with Crippen molar-refractivity contribution in [1.29, 1.82) is 0 Å². The third-order valence-electron chi connectivity index (χ3n) is 11.6. The molecule has 1 aromatic heterocycles. The number of rotatable bonds is 13. The van der Waals surface area contributed by atoms with Crippen LogP contribution in [0.15, 0.2) is 48.7 Å². The summed E-state index contributed by atoms with van der Waals surface area (Å²) >= 11 is 8.35. The van der Waals surface area contributed by atoms with Crippen LogP contribution in [0, 0.1) is 11.7 Å². The van der Waals surface area contributed by atoms with Gasteiger partial charge in [-0.15, -0.1) is 0 Å². The number of ether oxygens (including phenoxy) is 3. The predicted molar refractivity (Wildman–Crippen MR) is 228 cm³/mol. The second kappa shape index (κ2) is 19.1. The molecule has 60 heavy (non-hydrogen) atoms. The smallest absolute Gasteiger partial charge is 0.407 e. The lowest BCUT2D eigenvalue weighted by molar-refractivity contribution is -0.138. The quantitative estimate of drug-likeness (QED) is 0.163. The van der Waals surface area contributed by atoms with Crippen LogP contribution in [-0.2, 0) is 23.8 Å². The molecule has 18 heteroatoms. The van der Waals surface area contributed by atoms with E-state index in [4.69, 9.17) is 30.8 Å². The number of benzene rings is 2. The van der Waals surface area contributed by atoms with Crippen molar-refractivity contribution in [2.24, 2.45) is 5.92 Å². The molecule has 15 nitrogen and oxygen atoms in total. The van der Waals surface area contributed by atoms with E-state index in [2.05, 4.69) is 25.8 Å².